The maximum atomic E-state index is 6.09. The van der Waals surface area contributed by atoms with Gasteiger partial charge in [0.2, 0.25) is 0 Å². The summed E-state index contributed by atoms with van der Waals surface area (Å²) in [6.07, 6.45) is 4.30. The summed E-state index contributed by atoms with van der Waals surface area (Å²) in [6, 6.07) is 25.8. The summed E-state index contributed by atoms with van der Waals surface area (Å²) in [7, 11) is 0. The number of fused-ring (bicyclic) bond motifs is 1. The molecule has 206 valence electrons. The fourth-order valence-corrected chi connectivity index (χ4v) is 5.13. The van der Waals surface area contributed by atoms with Gasteiger partial charge in [-0.25, -0.2) is 0 Å². The highest BCUT2D eigenvalue weighted by Crippen LogP contribution is 2.36. The Hall–Kier alpha value is -3.68. The lowest BCUT2D eigenvalue weighted by Gasteiger charge is -2.15. The zero-order valence-corrected chi connectivity index (χ0v) is 22.6. The minimum atomic E-state index is 0.415. The van der Waals surface area contributed by atoms with E-state index in [-0.39, 0.29) is 0 Å². The van der Waals surface area contributed by atoms with Crippen LogP contribution in [0.4, 0.5) is 0 Å². The second-order valence-corrected chi connectivity index (χ2v) is 9.70. The first kappa shape index (κ1) is 26.5. The largest absolute Gasteiger partial charge is 0.487 e. The third kappa shape index (κ3) is 6.21. The van der Waals surface area contributed by atoms with Crippen molar-refractivity contribution in [3.63, 3.8) is 0 Å². The van der Waals surface area contributed by atoms with Crippen LogP contribution >= 0.6 is 0 Å². The highest BCUT2D eigenvalue weighted by atomic mass is 16.6. The van der Waals surface area contributed by atoms with E-state index in [1.807, 2.05) is 18.2 Å². The van der Waals surface area contributed by atoms with Crippen LogP contribution < -0.4 is 9.47 Å². The third-order valence-electron chi connectivity index (χ3n) is 7.07. The zero-order chi connectivity index (χ0) is 27.0. The average molecular weight is 539 g/mol. The zero-order valence-electron chi connectivity index (χ0n) is 22.6. The molecule has 0 fully saturated rings. The van der Waals surface area contributed by atoms with Gasteiger partial charge in [0.1, 0.15) is 13.2 Å². The Morgan fingerprint density at radius 3 is 1.68 bits per heavy atom. The van der Waals surface area contributed by atoms with Gasteiger partial charge in [-0.1, -0.05) is 72.8 Å². The van der Waals surface area contributed by atoms with Crippen LogP contribution in [0.15, 0.2) is 72.8 Å². The van der Waals surface area contributed by atoms with Crippen molar-refractivity contribution in [2.45, 2.75) is 0 Å². The van der Waals surface area contributed by atoms with Crippen LogP contribution in [0.2, 0.25) is 0 Å². The van der Waals surface area contributed by atoms with Gasteiger partial charge >= 0.3 is 0 Å². The van der Waals surface area contributed by atoms with Crippen LogP contribution in [0.3, 0.4) is 0 Å². The summed E-state index contributed by atoms with van der Waals surface area (Å²) >= 11 is 0. The second kappa shape index (κ2) is 13.1. The van der Waals surface area contributed by atoms with E-state index in [9.17, 15) is 0 Å². The smallest absolute Gasteiger partial charge is 0.161 e. The van der Waals surface area contributed by atoms with Crippen molar-refractivity contribution in [1.29, 1.82) is 0 Å². The van der Waals surface area contributed by atoms with Gasteiger partial charge in [-0.3, -0.25) is 0 Å². The van der Waals surface area contributed by atoms with Crippen molar-refractivity contribution in [2.24, 2.45) is 0 Å². The van der Waals surface area contributed by atoms with E-state index < -0.39 is 0 Å². The van der Waals surface area contributed by atoms with Crippen LogP contribution in [0.25, 0.3) is 44.5 Å². The molecule has 0 aromatic heterocycles. The average Bonchev–Trinajstić information content (AvgIpc) is 2.99. The van der Waals surface area contributed by atoms with Gasteiger partial charge in [-0.05, 0) is 55.6 Å². The fraction of sp³-hybridized carbons (Fsp3) is 0.294. The molecule has 6 nitrogen and oxygen atoms in total. The SMILES string of the molecule is C(=C\c1ccc2ccc3cccc4ccc1c2c34)/c1ccc2c(c1)OCCOCCOCCOCCOCCO2. The number of ether oxygens (including phenoxy) is 6. The van der Waals surface area contributed by atoms with E-state index >= 15 is 0 Å². The molecule has 0 radical (unpaired) electrons. The minimum absolute atomic E-state index is 0.415. The van der Waals surface area contributed by atoms with Crippen molar-refractivity contribution in [3.8, 4) is 11.5 Å². The van der Waals surface area contributed by atoms with Crippen molar-refractivity contribution >= 4 is 44.5 Å². The lowest BCUT2D eigenvalue weighted by molar-refractivity contribution is -0.00841. The summed E-state index contributed by atoms with van der Waals surface area (Å²) < 4.78 is 34.4. The summed E-state index contributed by atoms with van der Waals surface area (Å²) in [5.41, 5.74) is 2.20. The number of benzene rings is 5. The van der Waals surface area contributed by atoms with Crippen molar-refractivity contribution < 1.29 is 28.4 Å². The fourth-order valence-electron chi connectivity index (χ4n) is 5.13. The van der Waals surface area contributed by atoms with Gasteiger partial charge < -0.3 is 28.4 Å². The summed E-state index contributed by atoms with van der Waals surface area (Å²) in [5.74, 6) is 1.37. The lowest BCUT2D eigenvalue weighted by atomic mass is 9.92. The number of rotatable bonds is 2. The van der Waals surface area contributed by atoms with Crippen molar-refractivity contribution in [3.05, 3.63) is 83.9 Å². The highest BCUT2D eigenvalue weighted by molar-refractivity contribution is 6.24. The monoisotopic (exact) mass is 538 g/mol. The molecule has 1 heterocycles. The third-order valence-corrected chi connectivity index (χ3v) is 7.07. The molecule has 5 aromatic carbocycles. The van der Waals surface area contributed by atoms with E-state index in [1.165, 1.54) is 37.9 Å². The maximum Gasteiger partial charge on any atom is 0.161 e. The molecule has 1 aliphatic heterocycles. The van der Waals surface area contributed by atoms with Crippen LogP contribution in [0.1, 0.15) is 11.1 Å². The van der Waals surface area contributed by atoms with Gasteiger partial charge in [-0.15, -0.1) is 0 Å². The summed E-state index contributed by atoms with van der Waals surface area (Å²) in [5, 5.41) is 7.69. The Labute approximate surface area is 234 Å². The second-order valence-electron chi connectivity index (χ2n) is 9.70. The van der Waals surface area contributed by atoms with Crippen molar-refractivity contribution in [1.82, 2.24) is 0 Å². The normalized spacial score (nSPS) is 16.9. The Morgan fingerprint density at radius 2 is 1.00 bits per heavy atom. The molecular formula is C34H34O6. The molecule has 0 spiro atoms. The Balaban J connectivity index is 1.22. The maximum absolute atomic E-state index is 6.09. The highest BCUT2D eigenvalue weighted by Gasteiger charge is 2.10. The van der Waals surface area contributed by atoms with E-state index in [0.29, 0.717) is 77.6 Å². The van der Waals surface area contributed by atoms with Gasteiger partial charge in [-0.2, -0.15) is 0 Å². The molecule has 6 heteroatoms. The summed E-state index contributed by atoms with van der Waals surface area (Å²) in [4.78, 5) is 0. The molecule has 40 heavy (non-hydrogen) atoms. The standard InChI is InChI=1S/C34H34O6/c1-2-27-9-10-29-8-7-26(30-12-11-28(3-1)33(27)34(29)30)6-4-25-5-13-31-32(24-25)40-23-21-38-19-17-36-15-14-35-16-18-37-20-22-39-31/h1-13,24H,14-23H2/b6-4+. The van der Waals surface area contributed by atoms with Gasteiger partial charge in [0, 0.05) is 0 Å². The topological polar surface area (TPSA) is 55.4 Å². The molecule has 0 amide bonds. The molecule has 0 N–H and O–H groups in total. The first-order valence-corrected chi connectivity index (χ1v) is 13.9. The Morgan fingerprint density at radius 1 is 0.450 bits per heavy atom. The van der Waals surface area contributed by atoms with E-state index in [0.717, 1.165) is 5.56 Å². The van der Waals surface area contributed by atoms with Crippen LogP contribution in [-0.2, 0) is 18.9 Å². The first-order chi connectivity index (χ1) is 19.9. The minimum Gasteiger partial charge on any atom is -0.487 e. The molecule has 1 aliphatic rings. The van der Waals surface area contributed by atoms with E-state index in [2.05, 4.69) is 66.7 Å². The van der Waals surface area contributed by atoms with Gasteiger partial charge in [0.15, 0.2) is 11.5 Å². The molecule has 5 aromatic rings. The Kier molecular flexibility index (Phi) is 8.70. The van der Waals surface area contributed by atoms with E-state index in [1.54, 1.807) is 0 Å². The lowest BCUT2D eigenvalue weighted by Crippen LogP contribution is -2.16. The Bertz CT molecular complexity index is 1560. The number of hydrogen-bond donors (Lipinski definition) is 0. The molecule has 0 bridgehead atoms. The van der Waals surface area contributed by atoms with Crippen LogP contribution in [0.5, 0.6) is 11.5 Å². The predicted octanol–water partition coefficient (Wildman–Crippen LogP) is 6.59. The molecule has 0 aliphatic carbocycles. The van der Waals surface area contributed by atoms with Crippen LogP contribution in [-0.4, -0.2) is 66.1 Å². The predicted molar refractivity (Wildman–Crippen MR) is 160 cm³/mol. The van der Waals surface area contributed by atoms with Crippen molar-refractivity contribution in [2.75, 3.05) is 66.1 Å². The molecule has 0 saturated carbocycles. The van der Waals surface area contributed by atoms with E-state index in [4.69, 9.17) is 28.4 Å². The molecular weight excluding hydrogens is 504 g/mol. The van der Waals surface area contributed by atoms with Gasteiger partial charge in [0.25, 0.3) is 0 Å². The summed E-state index contributed by atoms with van der Waals surface area (Å²) in [6.45, 7) is 4.94. The molecule has 0 saturated heterocycles. The quantitative estimate of drug-likeness (QED) is 0.187. The number of hydrogen-bond acceptors (Lipinski definition) is 6. The molecule has 0 unspecified atom stereocenters. The van der Waals surface area contributed by atoms with Crippen LogP contribution in [0, 0.1) is 0 Å². The van der Waals surface area contributed by atoms with Gasteiger partial charge in [0.05, 0.1) is 52.9 Å². The first-order valence-electron chi connectivity index (χ1n) is 13.9. The molecule has 0 atom stereocenters. The molecule has 6 rings (SSSR count).